The van der Waals surface area contributed by atoms with Gasteiger partial charge in [-0.15, -0.1) is 13.2 Å². The molecule has 3 aromatic carbocycles. The first-order valence-electron chi connectivity index (χ1n) is 22.5. The number of esters is 3. The lowest BCUT2D eigenvalue weighted by atomic mass is 9.94. The predicted octanol–water partition coefficient (Wildman–Crippen LogP) is 13.1. The van der Waals surface area contributed by atoms with Crippen molar-refractivity contribution in [3.63, 3.8) is 0 Å². The van der Waals surface area contributed by atoms with Gasteiger partial charge >= 0.3 is 17.9 Å². The average molecular weight is 863 g/mol. The van der Waals surface area contributed by atoms with Crippen molar-refractivity contribution in [2.24, 2.45) is 0 Å². The summed E-state index contributed by atoms with van der Waals surface area (Å²) < 4.78 is 20.5. The minimum Gasteiger partial charge on any atom is -0.462 e. The number of carbonyl (C=O) groups excluding carboxylic acids is 3. The van der Waals surface area contributed by atoms with E-state index in [0.29, 0.717) is 37.6 Å². The number of hydrogen-bond acceptors (Lipinski definition) is 7. The highest BCUT2D eigenvalue weighted by Gasteiger charge is 2.09. The van der Waals surface area contributed by atoms with Crippen LogP contribution < -0.4 is 0 Å². The summed E-state index contributed by atoms with van der Waals surface area (Å²) in [4.78, 5) is 33.5. The zero-order valence-electron chi connectivity index (χ0n) is 40.2. The van der Waals surface area contributed by atoms with Crippen LogP contribution >= 0.6 is 0 Å². The smallest absolute Gasteiger partial charge is 0.333 e. The number of benzene rings is 3. The van der Waals surface area contributed by atoms with Crippen LogP contribution in [0.3, 0.4) is 0 Å². The van der Waals surface area contributed by atoms with E-state index in [4.69, 9.17) is 18.9 Å². The number of hydrogen-bond donors (Lipinski definition) is 0. The van der Waals surface area contributed by atoms with E-state index in [-0.39, 0.29) is 18.5 Å². The Hall–Kier alpha value is -5.27. The Bertz CT molecular complexity index is 1850. The van der Waals surface area contributed by atoms with Gasteiger partial charge in [-0.05, 0) is 188 Å². The summed E-state index contributed by atoms with van der Waals surface area (Å²) in [5.74, 6) is -1.08. The fourth-order valence-corrected chi connectivity index (χ4v) is 6.66. The maximum Gasteiger partial charge on any atom is 0.333 e. The fraction of sp³-hybridized carbons (Fsp3) is 0.446. The van der Waals surface area contributed by atoms with E-state index in [2.05, 4.69) is 117 Å². The first-order chi connectivity index (χ1) is 30.0. The summed E-state index contributed by atoms with van der Waals surface area (Å²) in [6, 6.07) is 15.5. The molecular formula is C56H78O7. The summed E-state index contributed by atoms with van der Waals surface area (Å²) in [6.45, 7) is 36.1. The molecule has 0 unspecified atom stereocenters. The third-order valence-corrected chi connectivity index (χ3v) is 10.5. The van der Waals surface area contributed by atoms with Crippen LogP contribution in [0.2, 0.25) is 0 Å². The van der Waals surface area contributed by atoms with E-state index < -0.39 is 5.97 Å². The molecule has 0 aromatic heterocycles. The van der Waals surface area contributed by atoms with Gasteiger partial charge in [0.25, 0.3) is 0 Å². The molecule has 0 radical (unpaired) electrons. The number of carbonyl (C=O) groups is 3. The zero-order chi connectivity index (χ0) is 47.2. The van der Waals surface area contributed by atoms with Crippen LogP contribution in [0.25, 0.3) is 0 Å². The third kappa shape index (κ3) is 24.2. The average Bonchev–Trinajstić information content (AvgIpc) is 3.25. The molecule has 3 aromatic rings. The molecule has 3 rings (SSSR count). The molecule has 0 bridgehead atoms. The van der Waals surface area contributed by atoms with Crippen LogP contribution in [-0.2, 0) is 65.6 Å². The molecule has 7 nitrogen and oxygen atoms in total. The van der Waals surface area contributed by atoms with Gasteiger partial charge in [-0.2, -0.15) is 0 Å². The SMILES string of the molecule is C=C(C)C(=O)OCCCc1cc(C)c(CCCOC(=O)C(=C)C)cc1C.C=CC(=O)OCCOCc1cc(C)ccc1C.C=CCCCCc1cc(C)c(CCCCC=C)cc1C. The lowest BCUT2D eigenvalue weighted by molar-refractivity contribution is -0.140. The lowest BCUT2D eigenvalue weighted by Crippen LogP contribution is -2.08. The van der Waals surface area contributed by atoms with E-state index in [1.807, 2.05) is 12.2 Å². The van der Waals surface area contributed by atoms with Crippen molar-refractivity contribution in [2.75, 3.05) is 26.4 Å². The molecule has 344 valence electrons. The van der Waals surface area contributed by atoms with Gasteiger partial charge in [0.1, 0.15) is 6.61 Å². The van der Waals surface area contributed by atoms with Crippen LogP contribution in [0.4, 0.5) is 0 Å². The number of aryl methyl sites for hydroxylation is 10. The molecule has 0 aliphatic carbocycles. The van der Waals surface area contributed by atoms with Gasteiger partial charge in [0.05, 0.1) is 26.4 Å². The molecule has 0 saturated heterocycles. The van der Waals surface area contributed by atoms with Gasteiger partial charge in [0.15, 0.2) is 0 Å². The van der Waals surface area contributed by atoms with Crippen LogP contribution in [0.15, 0.2) is 105 Å². The van der Waals surface area contributed by atoms with Gasteiger partial charge in [-0.1, -0.05) is 79.9 Å². The number of allylic oxidation sites excluding steroid dienone is 2. The van der Waals surface area contributed by atoms with Gasteiger partial charge in [-0.3, -0.25) is 0 Å². The number of rotatable bonds is 26. The first-order valence-corrected chi connectivity index (χ1v) is 22.5. The van der Waals surface area contributed by atoms with Crippen molar-refractivity contribution in [1.29, 1.82) is 0 Å². The molecule has 0 amide bonds. The minimum atomic E-state index is -0.416. The Balaban J connectivity index is 0.000000484. The summed E-state index contributed by atoms with van der Waals surface area (Å²) in [6.07, 6.45) is 18.2. The van der Waals surface area contributed by atoms with Gasteiger partial charge < -0.3 is 18.9 Å². The maximum absolute atomic E-state index is 11.4. The molecule has 63 heavy (non-hydrogen) atoms. The molecule has 0 aliphatic heterocycles. The lowest BCUT2D eigenvalue weighted by Gasteiger charge is -2.13. The highest BCUT2D eigenvalue weighted by molar-refractivity contribution is 5.87. The quantitative estimate of drug-likeness (QED) is 0.0261. The topological polar surface area (TPSA) is 88.1 Å². The number of ether oxygens (including phenoxy) is 4. The third-order valence-electron chi connectivity index (χ3n) is 10.5. The maximum atomic E-state index is 11.4. The molecule has 0 heterocycles. The summed E-state index contributed by atoms with van der Waals surface area (Å²) in [5.41, 5.74) is 15.4. The van der Waals surface area contributed by atoms with Crippen molar-refractivity contribution < 1.29 is 33.3 Å². The Labute approximate surface area is 381 Å². The molecule has 0 fully saturated rings. The molecule has 0 saturated carbocycles. The van der Waals surface area contributed by atoms with E-state index in [0.717, 1.165) is 44.6 Å². The Morgan fingerprint density at radius 3 is 1.29 bits per heavy atom. The second-order valence-electron chi connectivity index (χ2n) is 16.4. The van der Waals surface area contributed by atoms with Gasteiger partial charge in [0, 0.05) is 17.2 Å². The summed E-state index contributed by atoms with van der Waals surface area (Å²) in [7, 11) is 0. The molecule has 0 atom stereocenters. The fourth-order valence-electron chi connectivity index (χ4n) is 6.66. The molecule has 0 aliphatic rings. The second-order valence-corrected chi connectivity index (χ2v) is 16.4. The van der Waals surface area contributed by atoms with Crippen molar-refractivity contribution in [2.45, 2.75) is 139 Å². The second kappa shape index (κ2) is 32.4. The van der Waals surface area contributed by atoms with Crippen LogP contribution in [0.5, 0.6) is 0 Å². The van der Waals surface area contributed by atoms with Crippen molar-refractivity contribution in [3.8, 4) is 0 Å². The standard InChI is InChI=1S/C22H30O4.C20H30.C14H18O3/c1-15(2)21(23)25-11-7-9-19-13-18(6)20(14-17(19)5)10-8-12-26-22(24)16(3)4;1-5-7-9-11-13-19-15-18(4)20(16-17(19)3)14-12-10-8-6-2;1-4-14(15)17-8-7-16-10-13-9-11(2)5-6-12(13)3/h13-14H,1,3,7-12H2,2,4-6H3;5-6,15-16H,1-2,7-14H2,3-4H3;4-6,9H,1,7-8,10H2,2-3H3. The monoisotopic (exact) mass is 863 g/mol. The zero-order valence-corrected chi connectivity index (χ0v) is 40.2. The number of unbranched alkanes of at least 4 members (excludes halogenated alkanes) is 4. The Kier molecular flexibility index (Phi) is 28.7. The molecule has 0 N–H and O–H groups in total. The minimum absolute atomic E-state index is 0.260. The highest BCUT2D eigenvalue weighted by Crippen LogP contribution is 2.22. The normalized spacial score (nSPS) is 10.3. The Morgan fingerprint density at radius 2 is 0.905 bits per heavy atom. The van der Waals surface area contributed by atoms with Gasteiger partial charge in [0.2, 0.25) is 0 Å². The first kappa shape index (κ1) is 55.7. The summed E-state index contributed by atoms with van der Waals surface area (Å²) in [5, 5.41) is 0. The van der Waals surface area contributed by atoms with Crippen LogP contribution in [0, 0.1) is 41.5 Å². The van der Waals surface area contributed by atoms with Crippen LogP contribution in [0.1, 0.15) is 126 Å². The van der Waals surface area contributed by atoms with Crippen molar-refractivity contribution in [1.82, 2.24) is 0 Å². The van der Waals surface area contributed by atoms with E-state index in [9.17, 15) is 14.4 Å². The van der Waals surface area contributed by atoms with Gasteiger partial charge in [-0.25, -0.2) is 14.4 Å². The molecule has 7 heteroatoms. The van der Waals surface area contributed by atoms with Crippen LogP contribution in [-0.4, -0.2) is 44.3 Å². The van der Waals surface area contributed by atoms with Crippen molar-refractivity contribution >= 4 is 17.9 Å². The predicted molar refractivity (Wildman–Crippen MR) is 262 cm³/mol. The van der Waals surface area contributed by atoms with E-state index in [1.165, 1.54) is 99.7 Å². The van der Waals surface area contributed by atoms with E-state index in [1.54, 1.807) is 13.8 Å². The highest BCUT2D eigenvalue weighted by atomic mass is 16.6. The largest absolute Gasteiger partial charge is 0.462 e. The molecular weight excluding hydrogens is 785 g/mol. The summed E-state index contributed by atoms with van der Waals surface area (Å²) >= 11 is 0. The Morgan fingerprint density at radius 1 is 0.492 bits per heavy atom. The molecule has 0 spiro atoms. The van der Waals surface area contributed by atoms with E-state index >= 15 is 0 Å². The van der Waals surface area contributed by atoms with Crippen molar-refractivity contribution in [3.05, 3.63) is 166 Å².